The number of pyridine rings is 1. The number of rotatable bonds is 5. The lowest BCUT2D eigenvalue weighted by molar-refractivity contribution is -0.116. The third-order valence-electron chi connectivity index (χ3n) is 2.89. The minimum absolute atomic E-state index is 0.212. The van der Waals surface area contributed by atoms with Crippen LogP contribution in [0.25, 0.3) is 0 Å². The molecule has 2 rings (SSSR count). The number of benzene rings is 1. The molecule has 21 heavy (non-hydrogen) atoms. The molecule has 1 heterocycles. The molecule has 1 aromatic carbocycles. The number of methoxy groups -OCH3 is 1. The molecule has 0 aliphatic carbocycles. The number of nitrogens with zero attached hydrogens (tertiary/aromatic N) is 1. The van der Waals surface area contributed by atoms with E-state index in [0.29, 0.717) is 11.4 Å². The van der Waals surface area contributed by atoms with Crippen LogP contribution in [0.5, 0.6) is 5.75 Å². The highest BCUT2D eigenvalue weighted by molar-refractivity contribution is 6.32. The van der Waals surface area contributed by atoms with E-state index < -0.39 is 6.04 Å². The first-order chi connectivity index (χ1) is 10.1. The fraction of sp³-hybridized carbons (Fsp3) is 0.200. The van der Waals surface area contributed by atoms with E-state index in [-0.39, 0.29) is 11.1 Å². The molecule has 0 unspecified atom stereocenters. The molecule has 0 radical (unpaired) electrons. The van der Waals surface area contributed by atoms with Crippen LogP contribution in [-0.2, 0) is 4.79 Å². The molecule has 0 aliphatic heterocycles. The van der Waals surface area contributed by atoms with E-state index in [0.717, 1.165) is 5.69 Å². The quantitative estimate of drug-likeness (QED) is 0.833. The van der Waals surface area contributed by atoms with Crippen molar-refractivity contribution in [1.82, 2.24) is 4.98 Å². The Hall–Kier alpha value is -2.27. The monoisotopic (exact) mass is 305 g/mol. The van der Waals surface area contributed by atoms with Crippen molar-refractivity contribution in [1.29, 1.82) is 0 Å². The van der Waals surface area contributed by atoms with Gasteiger partial charge in [0.2, 0.25) is 5.91 Å². The highest BCUT2D eigenvalue weighted by Crippen LogP contribution is 2.24. The van der Waals surface area contributed by atoms with Gasteiger partial charge in [-0.2, -0.15) is 0 Å². The largest absolute Gasteiger partial charge is 0.495 e. The number of aromatic nitrogens is 1. The van der Waals surface area contributed by atoms with Gasteiger partial charge in [-0.3, -0.25) is 4.79 Å². The average molecular weight is 306 g/mol. The zero-order valence-corrected chi connectivity index (χ0v) is 12.5. The number of carbonyl (C=O) groups is 1. The molecule has 5 nitrogen and oxygen atoms in total. The van der Waals surface area contributed by atoms with Gasteiger partial charge < -0.3 is 15.4 Å². The van der Waals surface area contributed by atoms with Gasteiger partial charge >= 0.3 is 0 Å². The first-order valence-electron chi connectivity index (χ1n) is 6.42. The van der Waals surface area contributed by atoms with Crippen molar-refractivity contribution in [2.24, 2.45) is 0 Å². The molecule has 0 aliphatic rings. The Morgan fingerprint density at radius 1 is 1.24 bits per heavy atom. The minimum Gasteiger partial charge on any atom is -0.495 e. The van der Waals surface area contributed by atoms with Crippen LogP contribution < -0.4 is 15.4 Å². The van der Waals surface area contributed by atoms with Crippen molar-refractivity contribution in [2.45, 2.75) is 13.0 Å². The maximum atomic E-state index is 12.2. The van der Waals surface area contributed by atoms with Gasteiger partial charge in [-0.1, -0.05) is 23.7 Å². The van der Waals surface area contributed by atoms with Gasteiger partial charge in [0.05, 0.1) is 18.5 Å². The van der Waals surface area contributed by atoms with Crippen LogP contribution in [0.2, 0.25) is 5.15 Å². The van der Waals surface area contributed by atoms with Gasteiger partial charge in [0.25, 0.3) is 0 Å². The SMILES string of the molecule is COc1ccccc1N[C@@H](C)C(=O)Nc1cccnc1Cl. The summed E-state index contributed by atoms with van der Waals surface area (Å²) in [4.78, 5) is 16.1. The zero-order chi connectivity index (χ0) is 15.2. The van der Waals surface area contributed by atoms with Crippen LogP contribution in [0.4, 0.5) is 11.4 Å². The number of ether oxygens (including phenoxy) is 1. The van der Waals surface area contributed by atoms with E-state index in [1.807, 2.05) is 24.3 Å². The second kappa shape index (κ2) is 6.95. The topological polar surface area (TPSA) is 63.2 Å². The van der Waals surface area contributed by atoms with Crippen LogP contribution >= 0.6 is 11.6 Å². The van der Waals surface area contributed by atoms with Gasteiger partial charge in [0, 0.05) is 6.20 Å². The summed E-state index contributed by atoms with van der Waals surface area (Å²) in [6, 6.07) is 10.4. The minimum atomic E-state index is -0.461. The predicted octanol–water partition coefficient (Wildman–Crippen LogP) is 3.18. The summed E-state index contributed by atoms with van der Waals surface area (Å²) in [5.41, 5.74) is 1.23. The number of carbonyl (C=O) groups excluding carboxylic acids is 1. The number of amides is 1. The Morgan fingerprint density at radius 3 is 2.67 bits per heavy atom. The first kappa shape index (κ1) is 15.1. The molecule has 1 amide bonds. The molecule has 0 saturated carbocycles. The van der Waals surface area contributed by atoms with Crippen molar-refractivity contribution in [3.63, 3.8) is 0 Å². The van der Waals surface area contributed by atoms with E-state index in [4.69, 9.17) is 16.3 Å². The summed E-state index contributed by atoms with van der Waals surface area (Å²) >= 11 is 5.91. The van der Waals surface area contributed by atoms with E-state index in [2.05, 4.69) is 15.6 Å². The molecular weight excluding hydrogens is 290 g/mol. The zero-order valence-electron chi connectivity index (χ0n) is 11.8. The van der Waals surface area contributed by atoms with E-state index in [1.54, 1.807) is 32.4 Å². The van der Waals surface area contributed by atoms with Crippen LogP contribution in [0.3, 0.4) is 0 Å². The third-order valence-corrected chi connectivity index (χ3v) is 3.19. The van der Waals surface area contributed by atoms with Crippen LogP contribution in [-0.4, -0.2) is 24.0 Å². The van der Waals surface area contributed by atoms with Crippen LogP contribution in [0.15, 0.2) is 42.6 Å². The molecule has 0 saturated heterocycles. The standard InChI is InChI=1S/C15H16ClN3O2/c1-10(18-11-6-3-4-8-13(11)21-2)15(20)19-12-7-5-9-17-14(12)16/h3-10,18H,1-2H3,(H,19,20)/t10-/m0/s1. The lowest BCUT2D eigenvalue weighted by Crippen LogP contribution is -2.32. The fourth-order valence-corrected chi connectivity index (χ4v) is 1.95. The highest BCUT2D eigenvalue weighted by atomic mass is 35.5. The molecule has 1 aromatic heterocycles. The molecule has 0 bridgehead atoms. The summed E-state index contributed by atoms with van der Waals surface area (Å²) in [5.74, 6) is 0.465. The Bertz CT molecular complexity index is 634. The Labute approximate surface area is 128 Å². The molecule has 1 atom stereocenters. The first-order valence-corrected chi connectivity index (χ1v) is 6.80. The molecule has 6 heteroatoms. The van der Waals surface area contributed by atoms with Crippen molar-refractivity contribution < 1.29 is 9.53 Å². The average Bonchev–Trinajstić information content (AvgIpc) is 2.50. The van der Waals surface area contributed by atoms with Gasteiger partial charge in [0.15, 0.2) is 5.15 Å². The number of hydrogen-bond donors (Lipinski definition) is 2. The smallest absolute Gasteiger partial charge is 0.246 e. The maximum Gasteiger partial charge on any atom is 0.246 e. The van der Waals surface area contributed by atoms with Crippen LogP contribution in [0, 0.1) is 0 Å². The number of para-hydroxylation sites is 2. The number of halogens is 1. The molecule has 2 aromatic rings. The lowest BCUT2D eigenvalue weighted by Gasteiger charge is -2.17. The normalized spacial score (nSPS) is 11.6. The van der Waals surface area contributed by atoms with E-state index >= 15 is 0 Å². The van der Waals surface area contributed by atoms with Crippen LogP contribution in [0.1, 0.15) is 6.92 Å². The second-order valence-corrected chi connectivity index (χ2v) is 4.76. The van der Waals surface area contributed by atoms with Gasteiger partial charge in [-0.15, -0.1) is 0 Å². The number of hydrogen-bond acceptors (Lipinski definition) is 4. The summed E-state index contributed by atoms with van der Waals surface area (Å²) in [6.45, 7) is 1.76. The van der Waals surface area contributed by atoms with Gasteiger partial charge in [-0.05, 0) is 31.2 Å². The summed E-state index contributed by atoms with van der Waals surface area (Å²) < 4.78 is 5.24. The lowest BCUT2D eigenvalue weighted by atomic mass is 10.2. The maximum absolute atomic E-state index is 12.2. The predicted molar refractivity (Wildman–Crippen MR) is 84.0 cm³/mol. The molecule has 110 valence electrons. The molecular formula is C15H16ClN3O2. The Balaban J connectivity index is 2.05. The summed E-state index contributed by atoms with van der Waals surface area (Å²) in [5, 5.41) is 6.09. The summed E-state index contributed by atoms with van der Waals surface area (Å²) in [7, 11) is 1.58. The second-order valence-electron chi connectivity index (χ2n) is 4.40. The fourth-order valence-electron chi connectivity index (χ4n) is 1.78. The molecule has 0 fully saturated rings. The Kier molecular flexibility index (Phi) is 5.00. The summed E-state index contributed by atoms with van der Waals surface area (Å²) in [6.07, 6.45) is 1.56. The van der Waals surface area contributed by atoms with E-state index in [1.165, 1.54) is 0 Å². The van der Waals surface area contributed by atoms with Gasteiger partial charge in [-0.25, -0.2) is 4.98 Å². The van der Waals surface area contributed by atoms with Crippen molar-refractivity contribution in [2.75, 3.05) is 17.7 Å². The number of nitrogens with one attached hydrogen (secondary N) is 2. The third kappa shape index (κ3) is 3.86. The molecule has 2 N–H and O–H groups in total. The molecule has 0 spiro atoms. The van der Waals surface area contributed by atoms with Gasteiger partial charge in [0.1, 0.15) is 11.8 Å². The van der Waals surface area contributed by atoms with Crippen molar-refractivity contribution in [3.8, 4) is 5.75 Å². The number of anilines is 2. The Morgan fingerprint density at radius 2 is 1.95 bits per heavy atom. The van der Waals surface area contributed by atoms with Crippen molar-refractivity contribution in [3.05, 3.63) is 47.7 Å². The highest BCUT2D eigenvalue weighted by Gasteiger charge is 2.15. The van der Waals surface area contributed by atoms with Crippen molar-refractivity contribution >= 4 is 28.9 Å². The van der Waals surface area contributed by atoms with E-state index in [9.17, 15) is 4.79 Å².